The molecule has 5 saturated heterocycles. The smallest absolute Gasteiger partial charge is 0.410 e. The summed E-state index contributed by atoms with van der Waals surface area (Å²) in [7, 11) is 1.51. The summed E-state index contributed by atoms with van der Waals surface area (Å²) < 4.78 is 73.8. The van der Waals surface area contributed by atoms with Crippen molar-refractivity contribution in [2.75, 3.05) is 13.7 Å². The lowest BCUT2D eigenvalue weighted by Gasteiger charge is -2.51. The first-order valence-corrected chi connectivity index (χ1v) is 26.0. The van der Waals surface area contributed by atoms with Crippen LogP contribution in [0.5, 0.6) is 0 Å². The molecule has 418 valence electrons. The lowest BCUT2D eigenvalue weighted by atomic mass is 9.82. The van der Waals surface area contributed by atoms with E-state index in [1.807, 2.05) is 19.1 Å². The standard InChI is InChI=1S/C56H60N4O19/c1-30-24-39-46(47-43(60(3)56(67)79-47)52(74-39)75-41-26-38(42-40(72-41)29-70-55(66)59-42)73-49(62)34-20-12-6-13-21-34)78-51(30)77-45-37(58-54(65)69-28-33-18-10-5-11-19-33)25-36(57-53(64)68-27-32-16-8-4-9-17-32)44(48(45)71-31(2)61)76-50(63)35-22-14-7-15-23-35/h4-23,30,36-48,51-52H,24-29H2,1-3H3,(H,57,64)(H,58,65)(H,59,66)/t30-,36+,37?,38+,39-,40?,41+,42-,43?,44?,45+,46?,47?,48+,51-,52?/m0/s1. The number of hydrogen-bond donors (Lipinski definition) is 3. The first kappa shape index (κ1) is 54.5. The molecule has 7 unspecified atom stereocenters. The molecule has 5 heterocycles. The summed E-state index contributed by atoms with van der Waals surface area (Å²) in [6, 6.07) is 30.3. The lowest BCUT2D eigenvalue weighted by molar-refractivity contribution is -0.365. The maximum Gasteiger partial charge on any atom is 0.410 e. The SMILES string of the molecule is CC(=O)O[C@@H]1C(OC(=O)c2ccccc2)[C@H](NC(=O)OCc2ccccc2)CC(NC(=O)OCc2ccccc2)[C@H]1O[C@H]1OC2C3OC(=O)N(C)C3C(O[C@@H]3C[C@@H](OC(=O)c4ccccc4)[C@@H]4NC(=O)OCC4O3)O[C@H]2C[C@@H]1C. The third-order valence-corrected chi connectivity index (χ3v) is 14.5. The normalized spacial score (nSPS) is 31.7. The maximum atomic E-state index is 14.0. The molecule has 4 aromatic rings. The van der Waals surface area contributed by atoms with E-state index in [0.717, 1.165) is 6.92 Å². The van der Waals surface area contributed by atoms with Crippen molar-refractivity contribution in [3.8, 4) is 0 Å². The highest BCUT2D eigenvalue weighted by molar-refractivity contribution is 5.90. The van der Waals surface area contributed by atoms with Crippen LogP contribution in [0.15, 0.2) is 121 Å². The van der Waals surface area contributed by atoms with Crippen molar-refractivity contribution < 1.29 is 90.4 Å². The van der Waals surface area contributed by atoms with Gasteiger partial charge < -0.3 is 72.8 Å². The number of carbonyl (C=O) groups is 7. The van der Waals surface area contributed by atoms with E-state index in [1.165, 1.54) is 24.1 Å². The molecule has 10 rings (SSSR count). The predicted octanol–water partition coefficient (Wildman–Crippen LogP) is 5.28. The molecule has 6 aliphatic rings. The number of benzene rings is 4. The molecule has 3 N–H and O–H groups in total. The molecule has 0 spiro atoms. The van der Waals surface area contributed by atoms with Gasteiger partial charge in [0.2, 0.25) is 0 Å². The number of carbonyl (C=O) groups excluding carboxylic acids is 7. The van der Waals surface area contributed by atoms with Gasteiger partial charge in [-0.2, -0.15) is 0 Å². The number of nitrogens with one attached hydrogen (secondary N) is 3. The molecule has 4 aromatic carbocycles. The summed E-state index contributed by atoms with van der Waals surface area (Å²) in [5, 5.41) is 8.34. The van der Waals surface area contributed by atoms with Gasteiger partial charge in [0.1, 0.15) is 50.3 Å². The minimum absolute atomic E-state index is 0.0422. The van der Waals surface area contributed by atoms with Gasteiger partial charge in [-0.05, 0) is 48.2 Å². The number of nitrogens with zero attached hydrogens (tertiary/aromatic N) is 1. The topological polar surface area (TPSA) is 270 Å². The van der Waals surface area contributed by atoms with Gasteiger partial charge in [-0.3, -0.25) is 9.69 Å². The largest absolute Gasteiger partial charge is 0.456 e. The van der Waals surface area contributed by atoms with Gasteiger partial charge in [0.25, 0.3) is 0 Å². The minimum Gasteiger partial charge on any atom is -0.456 e. The molecular weight excluding hydrogens is 1030 g/mol. The number of likely N-dealkylation sites (N-methyl/N-ethyl adjacent to an activating group) is 1. The second kappa shape index (κ2) is 24.5. The summed E-state index contributed by atoms with van der Waals surface area (Å²) in [5.41, 5.74) is 1.84. The first-order valence-electron chi connectivity index (χ1n) is 26.0. The van der Waals surface area contributed by atoms with Gasteiger partial charge in [-0.25, -0.2) is 28.8 Å². The summed E-state index contributed by atoms with van der Waals surface area (Å²) >= 11 is 0. The Morgan fingerprint density at radius 2 is 1.19 bits per heavy atom. The van der Waals surface area contributed by atoms with Crippen LogP contribution in [0.3, 0.4) is 0 Å². The second-order valence-electron chi connectivity index (χ2n) is 20.0. The third-order valence-electron chi connectivity index (χ3n) is 14.5. The van der Waals surface area contributed by atoms with Crippen LogP contribution >= 0.6 is 0 Å². The van der Waals surface area contributed by atoms with Crippen LogP contribution in [-0.4, -0.2) is 153 Å². The molecule has 1 aliphatic carbocycles. The summed E-state index contributed by atoms with van der Waals surface area (Å²) in [5.74, 6) is -2.81. The van der Waals surface area contributed by atoms with Crippen LogP contribution < -0.4 is 16.0 Å². The Morgan fingerprint density at radius 3 is 1.78 bits per heavy atom. The Hall–Kier alpha value is -7.83. The van der Waals surface area contributed by atoms with Crippen molar-refractivity contribution >= 4 is 42.3 Å². The predicted molar refractivity (Wildman–Crippen MR) is 269 cm³/mol. The zero-order chi connectivity index (χ0) is 55.2. The minimum atomic E-state index is -1.54. The van der Waals surface area contributed by atoms with E-state index in [-0.39, 0.29) is 44.6 Å². The number of cyclic esters (lactones) is 1. The molecule has 6 fully saturated rings. The van der Waals surface area contributed by atoms with Crippen molar-refractivity contribution in [3.63, 3.8) is 0 Å². The van der Waals surface area contributed by atoms with E-state index in [9.17, 15) is 33.6 Å². The van der Waals surface area contributed by atoms with E-state index in [4.69, 9.17) is 56.8 Å². The Morgan fingerprint density at radius 1 is 0.620 bits per heavy atom. The highest BCUT2D eigenvalue weighted by Crippen LogP contribution is 2.43. The van der Waals surface area contributed by atoms with Crippen molar-refractivity contribution in [1.29, 1.82) is 0 Å². The number of ether oxygens (including phenoxy) is 12. The van der Waals surface area contributed by atoms with Crippen molar-refractivity contribution in [1.82, 2.24) is 20.9 Å². The summed E-state index contributed by atoms with van der Waals surface area (Å²) in [6.07, 6.45) is -15.6. The molecule has 4 amide bonds. The molecule has 0 bridgehead atoms. The number of alkyl carbamates (subject to hydrolysis) is 3. The molecule has 23 nitrogen and oxygen atoms in total. The Kier molecular flexibility index (Phi) is 16.9. The zero-order valence-electron chi connectivity index (χ0n) is 43.2. The van der Waals surface area contributed by atoms with Gasteiger partial charge in [0.15, 0.2) is 37.2 Å². The number of hydrogen-bond acceptors (Lipinski definition) is 19. The zero-order valence-corrected chi connectivity index (χ0v) is 43.2. The van der Waals surface area contributed by atoms with Gasteiger partial charge in [0, 0.05) is 26.3 Å². The van der Waals surface area contributed by atoms with Gasteiger partial charge in [-0.1, -0.05) is 104 Å². The fourth-order valence-corrected chi connectivity index (χ4v) is 10.7. The molecule has 0 radical (unpaired) electrons. The maximum absolute atomic E-state index is 14.0. The molecule has 0 aromatic heterocycles. The average molecular weight is 1090 g/mol. The van der Waals surface area contributed by atoms with Crippen molar-refractivity contribution in [2.24, 2.45) is 5.92 Å². The van der Waals surface area contributed by atoms with Crippen molar-refractivity contribution in [2.45, 2.75) is 138 Å². The molecule has 1 saturated carbocycles. The second-order valence-corrected chi connectivity index (χ2v) is 20.0. The van der Waals surface area contributed by atoms with Crippen LogP contribution in [0.2, 0.25) is 0 Å². The fraction of sp³-hybridized carbons (Fsp3) is 0.446. The monoisotopic (exact) mass is 1090 g/mol. The van der Waals surface area contributed by atoms with Gasteiger partial charge in [-0.15, -0.1) is 0 Å². The quantitative estimate of drug-likeness (QED) is 0.101. The molecule has 5 aliphatic heterocycles. The fourth-order valence-electron chi connectivity index (χ4n) is 10.7. The van der Waals surface area contributed by atoms with E-state index >= 15 is 0 Å². The molecule has 23 heteroatoms. The van der Waals surface area contributed by atoms with Crippen LogP contribution in [0.25, 0.3) is 0 Å². The average Bonchev–Trinajstić information content (AvgIpc) is 3.87. The number of fused-ring (bicyclic) bond motifs is 4. The molecular formula is C56H60N4O19. The third kappa shape index (κ3) is 12.9. The van der Waals surface area contributed by atoms with E-state index < -0.39 is 140 Å². The lowest BCUT2D eigenvalue weighted by Crippen LogP contribution is -2.69. The van der Waals surface area contributed by atoms with Gasteiger partial charge in [0.05, 0.1) is 35.4 Å². The van der Waals surface area contributed by atoms with Crippen LogP contribution in [0, 0.1) is 5.92 Å². The van der Waals surface area contributed by atoms with Gasteiger partial charge >= 0.3 is 42.3 Å². The van der Waals surface area contributed by atoms with E-state index in [0.29, 0.717) is 16.7 Å². The highest BCUT2D eigenvalue weighted by Gasteiger charge is 2.61. The van der Waals surface area contributed by atoms with Crippen LogP contribution in [0.1, 0.15) is 65.0 Å². The number of rotatable bonds is 15. The molecule has 79 heavy (non-hydrogen) atoms. The Balaban J connectivity index is 0.907. The van der Waals surface area contributed by atoms with Crippen LogP contribution in [0.4, 0.5) is 19.2 Å². The van der Waals surface area contributed by atoms with Crippen LogP contribution in [-0.2, 0) is 74.9 Å². The first-order chi connectivity index (χ1) is 38.2. The molecule has 16 atom stereocenters. The van der Waals surface area contributed by atoms with E-state index in [1.54, 1.807) is 97.1 Å². The van der Waals surface area contributed by atoms with Crippen molar-refractivity contribution in [3.05, 3.63) is 144 Å². The number of esters is 3. The Labute approximate surface area is 453 Å². The summed E-state index contributed by atoms with van der Waals surface area (Å²) in [6.45, 7) is 2.58. The summed E-state index contributed by atoms with van der Waals surface area (Å²) in [4.78, 5) is 95.3. The van der Waals surface area contributed by atoms with E-state index in [2.05, 4.69) is 16.0 Å². The highest BCUT2D eigenvalue weighted by atomic mass is 16.8. The Bertz CT molecular complexity index is 2800. The number of amides is 4.